The van der Waals surface area contributed by atoms with E-state index in [1.165, 1.54) is 71.3 Å². The maximum absolute atomic E-state index is 6.35. The molecule has 0 radical (unpaired) electrons. The van der Waals surface area contributed by atoms with E-state index in [0.29, 0.717) is 5.92 Å². The molecule has 2 aliphatic carbocycles. The normalized spacial score (nSPS) is 17.0. The van der Waals surface area contributed by atoms with Crippen LogP contribution < -0.4 is 0 Å². The van der Waals surface area contributed by atoms with Crippen molar-refractivity contribution in [2.24, 2.45) is 0 Å². The third-order valence-corrected chi connectivity index (χ3v) is 10.9. The standard InChI is InChI=1S/C45H32O/c1-45(2)38-24-21-27-11-3-4-12-30(27)44(38)37-23-20-28(25-39(37)45)42-33-14-5-7-16-35(33)43(36-17-8-6-15-34(36)42)29-19-22-32-31-13-9-10-18-40(31)46-41(32)26-29/h3-22,24-26,37H,23H2,1-2H3. The van der Waals surface area contributed by atoms with Gasteiger partial charge in [-0.05, 0) is 90.3 Å². The van der Waals surface area contributed by atoms with Crippen molar-refractivity contribution in [2.75, 3.05) is 0 Å². The summed E-state index contributed by atoms with van der Waals surface area (Å²) in [7, 11) is 0. The van der Waals surface area contributed by atoms with Crippen LogP contribution in [0.4, 0.5) is 0 Å². The molecule has 7 aromatic carbocycles. The van der Waals surface area contributed by atoms with Crippen molar-refractivity contribution in [3.05, 3.63) is 162 Å². The van der Waals surface area contributed by atoms with E-state index in [-0.39, 0.29) is 5.41 Å². The van der Waals surface area contributed by atoms with E-state index in [2.05, 4.69) is 147 Å². The molecule has 0 fully saturated rings. The van der Waals surface area contributed by atoms with Crippen LogP contribution in [0.3, 0.4) is 0 Å². The van der Waals surface area contributed by atoms with Gasteiger partial charge in [0.25, 0.3) is 0 Å². The second-order valence-electron chi connectivity index (χ2n) is 13.6. The molecule has 1 nitrogen and oxygen atoms in total. The molecule has 1 heterocycles. The number of hydrogen-bond acceptors (Lipinski definition) is 1. The lowest BCUT2D eigenvalue weighted by atomic mass is 9.75. The summed E-state index contributed by atoms with van der Waals surface area (Å²) in [5, 5.41) is 10.2. The van der Waals surface area contributed by atoms with E-state index in [0.717, 1.165) is 28.4 Å². The minimum atomic E-state index is -0.0307. The Bertz CT molecular complexity index is 2580. The van der Waals surface area contributed by atoms with Crippen molar-refractivity contribution < 1.29 is 4.42 Å². The number of allylic oxidation sites excluding steroid dienone is 4. The predicted octanol–water partition coefficient (Wildman–Crippen LogP) is 12.5. The van der Waals surface area contributed by atoms with Gasteiger partial charge in [0.2, 0.25) is 0 Å². The third-order valence-electron chi connectivity index (χ3n) is 10.9. The number of benzene rings is 7. The maximum atomic E-state index is 6.35. The zero-order valence-corrected chi connectivity index (χ0v) is 26.0. The Kier molecular flexibility index (Phi) is 5.24. The van der Waals surface area contributed by atoms with Crippen LogP contribution in [0, 0.1) is 0 Å². The molecular weight excluding hydrogens is 556 g/mol. The lowest BCUT2D eigenvalue weighted by Crippen LogP contribution is -2.17. The average Bonchev–Trinajstić information content (AvgIpc) is 3.58. The molecule has 218 valence electrons. The van der Waals surface area contributed by atoms with Crippen molar-refractivity contribution in [1.82, 2.24) is 0 Å². The maximum Gasteiger partial charge on any atom is 0.136 e. The minimum Gasteiger partial charge on any atom is -0.456 e. The lowest BCUT2D eigenvalue weighted by Gasteiger charge is -2.28. The zero-order chi connectivity index (χ0) is 30.6. The summed E-state index contributed by atoms with van der Waals surface area (Å²) in [5.41, 5.74) is 11.5. The van der Waals surface area contributed by atoms with Crippen molar-refractivity contribution in [3.63, 3.8) is 0 Å². The fraction of sp³-hybridized carbons (Fsp3) is 0.111. The van der Waals surface area contributed by atoms with Crippen LogP contribution in [0.2, 0.25) is 0 Å². The van der Waals surface area contributed by atoms with Crippen molar-refractivity contribution >= 4 is 59.8 Å². The molecule has 0 aliphatic heterocycles. The number of furan rings is 1. The first kappa shape index (κ1) is 25.9. The molecule has 8 aromatic rings. The summed E-state index contributed by atoms with van der Waals surface area (Å²) in [6, 6.07) is 46.6. The number of rotatable bonds is 2. The second-order valence-corrected chi connectivity index (χ2v) is 13.6. The molecule has 0 saturated carbocycles. The third kappa shape index (κ3) is 3.46. The van der Waals surface area contributed by atoms with Gasteiger partial charge < -0.3 is 4.42 Å². The van der Waals surface area contributed by atoms with Crippen LogP contribution in [-0.4, -0.2) is 0 Å². The number of hydrogen-bond donors (Lipinski definition) is 0. The highest BCUT2D eigenvalue weighted by atomic mass is 16.3. The van der Waals surface area contributed by atoms with Crippen molar-refractivity contribution in [2.45, 2.75) is 31.6 Å². The molecule has 1 atom stereocenters. The molecule has 1 aromatic heterocycles. The summed E-state index contributed by atoms with van der Waals surface area (Å²) < 4.78 is 6.35. The molecule has 0 amide bonds. The molecule has 0 N–H and O–H groups in total. The predicted molar refractivity (Wildman–Crippen MR) is 195 cm³/mol. The van der Waals surface area contributed by atoms with E-state index in [9.17, 15) is 0 Å². The molecule has 46 heavy (non-hydrogen) atoms. The summed E-state index contributed by atoms with van der Waals surface area (Å²) in [6.45, 7) is 4.84. The quantitative estimate of drug-likeness (QED) is 0.183. The van der Waals surface area contributed by atoms with E-state index in [1.807, 2.05) is 6.07 Å². The van der Waals surface area contributed by atoms with Crippen molar-refractivity contribution in [1.29, 1.82) is 0 Å². The first-order valence-electron chi connectivity index (χ1n) is 16.4. The molecular formula is C45H32O. The monoisotopic (exact) mass is 588 g/mol. The largest absolute Gasteiger partial charge is 0.456 e. The van der Waals surface area contributed by atoms with E-state index < -0.39 is 0 Å². The Morgan fingerprint density at radius 1 is 0.565 bits per heavy atom. The molecule has 0 saturated heterocycles. The summed E-state index contributed by atoms with van der Waals surface area (Å²) in [6.07, 6.45) is 6.06. The van der Waals surface area contributed by atoms with Gasteiger partial charge in [-0.3, -0.25) is 0 Å². The van der Waals surface area contributed by atoms with Gasteiger partial charge in [0.05, 0.1) is 0 Å². The molecule has 0 spiro atoms. The summed E-state index contributed by atoms with van der Waals surface area (Å²) in [5.74, 6) is 0.409. The number of fused-ring (bicyclic) bond motifs is 10. The smallest absolute Gasteiger partial charge is 0.136 e. The minimum absolute atomic E-state index is 0.0307. The SMILES string of the molecule is CC1(C)C2=CC(c3c4ccccc4c(-c4ccc5c(c4)oc4ccccc45)c4ccccc34)=CCC2c2c1ccc1ccccc21. The highest BCUT2D eigenvalue weighted by Crippen LogP contribution is 2.57. The highest BCUT2D eigenvalue weighted by Gasteiger charge is 2.43. The van der Waals surface area contributed by atoms with E-state index >= 15 is 0 Å². The van der Waals surface area contributed by atoms with Crippen LogP contribution in [0.1, 0.15) is 42.9 Å². The first-order chi connectivity index (χ1) is 22.6. The Hall–Kier alpha value is -5.40. The van der Waals surface area contributed by atoms with Crippen LogP contribution in [0.15, 0.2) is 150 Å². The van der Waals surface area contributed by atoms with Gasteiger partial charge in [-0.15, -0.1) is 0 Å². The zero-order valence-electron chi connectivity index (χ0n) is 26.0. The molecule has 10 rings (SSSR count). The fourth-order valence-corrected chi connectivity index (χ4v) is 8.77. The van der Waals surface area contributed by atoms with Crippen LogP contribution in [0.5, 0.6) is 0 Å². The average molecular weight is 589 g/mol. The van der Waals surface area contributed by atoms with Crippen molar-refractivity contribution in [3.8, 4) is 11.1 Å². The first-order valence-corrected chi connectivity index (χ1v) is 16.4. The topological polar surface area (TPSA) is 13.1 Å². The van der Waals surface area contributed by atoms with Gasteiger partial charge in [0.1, 0.15) is 11.2 Å². The van der Waals surface area contributed by atoms with Gasteiger partial charge in [-0.2, -0.15) is 0 Å². The van der Waals surface area contributed by atoms with Crippen LogP contribution in [-0.2, 0) is 5.41 Å². The van der Waals surface area contributed by atoms with Crippen LogP contribution >= 0.6 is 0 Å². The Balaban J connectivity index is 1.20. The Morgan fingerprint density at radius 3 is 1.91 bits per heavy atom. The summed E-state index contributed by atoms with van der Waals surface area (Å²) in [4.78, 5) is 0. The Morgan fingerprint density at radius 2 is 1.17 bits per heavy atom. The Labute approximate surface area is 268 Å². The van der Waals surface area contributed by atoms with Gasteiger partial charge in [-0.25, -0.2) is 0 Å². The second kappa shape index (κ2) is 9.31. The van der Waals surface area contributed by atoms with Crippen LogP contribution in [0.25, 0.3) is 71.0 Å². The van der Waals surface area contributed by atoms with E-state index in [4.69, 9.17) is 4.42 Å². The van der Waals surface area contributed by atoms with Gasteiger partial charge >= 0.3 is 0 Å². The molecule has 1 unspecified atom stereocenters. The van der Waals surface area contributed by atoms with Gasteiger partial charge in [0.15, 0.2) is 0 Å². The van der Waals surface area contributed by atoms with E-state index in [1.54, 1.807) is 0 Å². The van der Waals surface area contributed by atoms with Gasteiger partial charge in [-0.1, -0.05) is 141 Å². The van der Waals surface area contributed by atoms with Gasteiger partial charge in [0, 0.05) is 22.1 Å². The molecule has 1 heteroatoms. The molecule has 2 aliphatic rings. The molecule has 0 bridgehead atoms. The number of para-hydroxylation sites is 1. The fourth-order valence-electron chi connectivity index (χ4n) is 8.77. The highest BCUT2D eigenvalue weighted by molar-refractivity contribution is 6.20. The lowest BCUT2D eigenvalue weighted by molar-refractivity contribution is 0.613. The summed E-state index contributed by atoms with van der Waals surface area (Å²) >= 11 is 0.